The summed E-state index contributed by atoms with van der Waals surface area (Å²) in [6.45, 7) is 8.86. The lowest BCUT2D eigenvalue weighted by Crippen LogP contribution is -2.26. The Hall–Kier alpha value is -1.12. The second kappa shape index (κ2) is 8.90. The molecule has 0 saturated carbocycles. The third kappa shape index (κ3) is 5.03. The van der Waals surface area contributed by atoms with E-state index in [2.05, 4.69) is 35.6 Å². The summed E-state index contributed by atoms with van der Waals surface area (Å²) in [5.41, 5.74) is 0. The molecule has 0 unspecified atom stereocenters. The fourth-order valence-electron chi connectivity index (χ4n) is 1.95. The average molecular weight is 249 g/mol. The van der Waals surface area contributed by atoms with E-state index in [0.717, 1.165) is 37.6 Å². The molecule has 1 heterocycles. The van der Waals surface area contributed by atoms with Crippen molar-refractivity contribution in [2.45, 2.75) is 59.3 Å². The van der Waals surface area contributed by atoms with Gasteiger partial charge in [-0.25, -0.2) is 9.97 Å². The molecule has 0 aliphatic rings. The van der Waals surface area contributed by atoms with Gasteiger partial charge in [0.25, 0.3) is 0 Å². The summed E-state index contributed by atoms with van der Waals surface area (Å²) >= 11 is 0. The van der Waals surface area contributed by atoms with Gasteiger partial charge in [-0.15, -0.1) is 0 Å². The van der Waals surface area contributed by atoms with Gasteiger partial charge in [0, 0.05) is 25.7 Å². The van der Waals surface area contributed by atoms with E-state index in [1.165, 1.54) is 25.7 Å². The number of aryl methyl sites for hydroxylation is 1. The lowest BCUT2D eigenvalue weighted by atomic mass is 10.2. The van der Waals surface area contributed by atoms with Crippen molar-refractivity contribution in [2.75, 3.05) is 18.0 Å². The van der Waals surface area contributed by atoms with Gasteiger partial charge in [0.05, 0.1) is 0 Å². The topological polar surface area (TPSA) is 29.0 Å². The van der Waals surface area contributed by atoms with E-state index in [4.69, 9.17) is 0 Å². The summed E-state index contributed by atoms with van der Waals surface area (Å²) in [7, 11) is 0. The smallest absolute Gasteiger partial charge is 0.132 e. The first kappa shape index (κ1) is 14.9. The largest absolute Gasteiger partial charge is 0.357 e. The number of unbranched alkanes of at least 4 members (excludes halogenated alkanes) is 2. The van der Waals surface area contributed by atoms with Crippen LogP contribution in [0.5, 0.6) is 0 Å². The van der Waals surface area contributed by atoms with E-state index in [1.807, 2.05) is 12.3 Å². The minimum Gasteiger partial charge on any atom is -0.357 e. The van der Waals surface area contributed by atoms with Gasteiger partial charge in [-0.3, -0.25) is 0 Å². The number of hydrogen-bond acceptors (Lipinski definition) is 3. The summed E-state index contributed by atoms with van der Waals surface area (Å²) in [6, 6.07) is 2.05. The van der Waals surface area contributed by atoms with E-state index in [-0.39, 0.29) is 0 Å². The second-order valence-corrected chi connectivity index (χ2v) is 4.78. The molecule has 0 radical (unpaired) electrons. The molecule has 3 heteroatoms. The van der Waals surface area contributed by atoms with Crippen LogP contribution in [0.1, 0.15) is 58.7 Å². The summed E-state index contributed by atoms with van der Waals surface area (Å²) in [4.78, 5) is 11.4. The molecule has 18 heavy (non-hydrogen) atoms. The number of anilines is 1. The zero-order valence-electron chi connectivity index (χ0n) is 12.2. The van der Waals surface area contributed by atoms with Crippen LogP contribution < -0.4 is 4.90 Å². The summed E-state index contributed by atoms with van der Waals surface area (Å²) in [6.07, 6.45) is 8.91. The van der Waals surface area contributed by atoms with Crippen molar-refractivity contribution in [2.24, 2.45) is 0 Å². The first-order chi connectivity index (χ1) is 8.81. The van der Waals surface area contributed by atoms with Gasteiger partial charge < -0.3 is 4.90 Å². The van der Waals surface area contributed by atoms with E-state index in [9.17, 15) is 0 Å². The monoisotopic (exact) mass is 249 g/mol. The molecule has 0 bridgehead atoms. The van der Waals surface area contributed by atoms with Crippen LogP contribution in [0.25, 0.3) is 0 Å². The minimum absolute atomic E-state index is 0.975. The molecule has 0 aromatic carbocycles. The molecule has 0 N–H and O–H groups in total. The zero-order chi connectivity index (χ0) is 13.2. The average Bonchev–Trinajstić information content (AvgIpc) is 2.40. The van der Waals surface area contributed by atoms with Crippen LogP contribution >= 0.6 is 0 Å². The Labute approximate surface area is 112 Å². The molecule has 0 saturated heterocycles. The minimum atomic E-state index is 0.975. The van der Waals surface area contributed by atoms with Crippen molar-refractivity contribution >= 4 is 5.82 Å². The Kier molecular flexibility index (Phi) is 7.38. The van der Waals surface area contributed by atoms with E-state index >= 15 is 0 Å². The molecule has 0 amide bonds. The lowest BCUT2D eigenvalue weighted by molar-refractivity contribution is 0.667. The van der Waals surface area contributed by atoms with Crippen LogP contribution in [0.4, 0.5) is 5.82 Å². The normalized spacial score (nSPS) is 10.6. The van der Waals surface area contributed by atoms with Gasteiger partial charge >= 0.3 is 0 Å². The van der Waals surface area contributed by atoms with Crippen LogP contribution in [0, 0.1) is 0 Å². The Morgan fingerprint density at radius 3 is 2.22 bits per heavy atom. The number of nitrogens with zero attached hydrogens (tertiary/aromatic N) is 3. The SMILES string of the molecule is CCCCN(CCCC)c1ccnc(CCC)n1. The first-order valence-corrected chi connectivity index (χ1v) is 7.38. The van der Waals surface area contributed by atoms with E-state index in [1.54, 1.807) is 0 Å². The van der Waals surface area contributed by atoms with Crippen LogP contribution in [0.3, 0.4) is 0 Å². The van der Waals surface area contributed by atoms with Crippen LogP contribution in [-0.2, 0) is 6.42 Å². The van der Waals surface area contributed by atoms with Crippen LogP contribution in [0.15, 0.2) is 12.3 Å². The summed E-state index contributed by atoms with van der Waals surface area (Å²) in [5.74, 6) is 2.09. The quantitative estimate of drug-likeness (QED) is 0.666. The summed E-state index contributed by atoms with van der Waals surface area (Å²) in [5, 5.41) is 0. The van der Waals surface area contributed by atoms with Crippen LogP contribution in [-0.4, -0.2) is 23.1 Å². The van der Waals surface area contributed by atoms with Gasteiger partial charge in [-0.1, -0.05) is 33.6 Å². The van der Waals surface area contributed by atoms with Crippen molar-refractivity contribution in [1.29, 1.82) is 0 Å². The Morgan fingerprint density at radius 1 is 1.00 bits per heavy atom. The standard InChI is InChI=1S/C15H27N3/c1-4-7-12-18(13-8-5-2)15-10-11-16-14(17-15)9-6-3/h10-11H,4-9,12-13H2,1-3H3. The van der Waals surface area contributed by atoms with Crippen LogP contribution in [0.2, 0.25) is 0 Å². The maximum absolute atomic E-state index is 4.68. The maximum atomic E-state index is 4.68. The molecule has 1 aromatic heterocycles. The lowest BCUT2D eigenvalue weighted by Gasteiger charge is -2.23. The van der Waals surface area contributed by atoms with Gasteiger partial charge in [-0.2, -0.15) is 0 Å². The first-order valence-electron chi connectivity index (χ1n) is 7.38. The highest BCUT2D eigenvalue weighted by Crippen LogP contribution is 2.13. The molecule has 1 rings (SSSR count). The predicted molar refractivity (Wildman–Crippen MR) is 78.1 cm³/mol. The molecule has 0 aliphatic carbocycles. The number of aromatic nitrogens is 2. The van der Waals surface area contributed by atoms with Crippen molar-refractivity contribution < 1.29 is 0 Å². The molecule has 0 fully saturated rings. The van der Waals surface area contributed by atoms with E-state index in [0.29, 0.717) is 0 Å². The molecule has 3 nitrogen and oxygen atoms in total. The highest BCUT2D eigenvalue weighted by molar-refractivity contribution is 5.37. The summed E-state index contributed by atoms with van der Waals surface area (Å²) < 4.78 is 0. The Balaban J connectivity index is 2.72. The third-order valence-electron chi connectivity index (χ3n) is 3.05. The molecule has 0 spiro atoms. The van der Waals surface area contributed by atoms with E-state index < -0.39 is 0 Å². The molecule has 0 atom stereocenters. The van der Waals surface area contributed by atoms with Crippen molar-refractivity contribution in [1.82, 2.24) is 9.97 Å². The van der Waals surface area contributed by atoms with Gasteiger partial charge in [0.15, 0.2) is 0 Å². The van der Waals surface area contributed by atoms with Crippen molar-refractivity contribution in [3.05, 3.63) is 18.1 Å². The fourth-order valence-corrected chi connectivity index (χ4v) is 1.95. The molecular weight excluding hydrogens is 222 g/mol. The second-order valence-electron chi connectivity index (χ2n) is 4.78. The number of hydrogen-bond donors (Lipinski definition) is 0. The molecule has 1 aromatic rings. The predicted octanol–water partition coefficient (Wildman–Crippen LogP) is 3.84. The molecule has 102 valence electrons. The van der Waals surface area contributed by atoms with Gasteiger partial charge in [-0.05, 0) is 25.3 Å². The third-order valence-corrected chi connectivity index (χ3v) is 3.05. The highest BCUT2D eigenvalue weighted by atomic mass is 15.2. The van der Waals surface area contributed by atoms with Gasteiger partial charge in [0.2, 0.25) is 0 Å². The fraction of sp³-hybridized carbons (Fsp3) is 0.733. The zero-order valence-corrected chi connectivity index (χ0v) is 12.2. The number of rotatable bonds is 9. The molecular formula is C15H27N3. The Bertz CT molecular complexity index is 317. The van der Waals surface area contributed by atoms with Crippen molar-refractivity contribution in [3.63, 3.8) is 0 Å². The Morgan fingerprint density at radius 2 is 1.67 bits per heavy atom. The molecule has 0 aliphatic heterocycles. The highest BCUT2D eigenvalue weighted by Gasteiger charge is 2.08. The van der Waals surface area contributed by atoms with Gasteiger partial charge in [0.1, 0.15) is 11.6 Å². The van der Waals surface area contributed by atoms with Crippen molar-refractivity contribution in [3.8, 4) is 0 Å². The maximum Gasteiger partial charge on any atom is 0.132 e.